The van der Waals surface area contributed by atoms with Gasteiger partial charge in [0.25, 0.3) is 0 Å². The fourth-order valence-electron chi connectivity index (χ4n) is 2.98. The molecule has 0 spiro atoms. The molecule has 1 aliphatic rings. The van der Waals surface area contributed by atoms with Crippen LogP contribution in [-0.4, -0.2) is 25.8 Å². The quantitative estimate of drug-likeness (QED) is 0.656. The third-order valence-electron chi connectivity index (χ3n) is 4.15. The molecule has 102 valence electrons. The van der Waals surface area contributed by atoms with Crippen molar-refractivity contribution in [1.82, 2.24) is 5.32 Å². The Balaban J connectivity index is 2.31. The summed E-state index contributed by atoms with van der Waals surface area (Å²) in [4.78, 5) is 0. The summed E-state index contributed by atoms with van der Waals surface area (Å²) in [6.07, 6.45) is 8.14. The van der Waals surface area contributed by atoms with Crippen LogP contribution in [0.5, 0.6) is 0 Å². The maximum absolute atomic E-state index is 5.74. The largest absolute Gasteiger partial charge is 0.380 e. The molecule has 0 amide bonds. The van der Waals surface area contributed by atoms with E-state index in [-0.39, 0.29) is 0 Å². The van der Waals surface area contributed by atoms with Crippen molar-refractivity contribution in [3.63, 3.8) is 0 Å². The first-order valence-corrected chi connectivity index (χ1v) is 7.62. The molecule has 1 aliphatic carbocycles. The molecule has 0 aromatic carbocycles. The third-order valence-corrected chi connectivity index (χ3v) is 4.15. The van der Waals surface area contributed by atoms with Crippen molar-refractivity contribution in [1.29, 1.82) is 0 Å². The number of rotatable bonds is 8. The Morgan fingerprint density at radius 3 is 2.35 bits per heavy atom. The van der Waals surface area contributed by atoms with E-state index < -0.39 is 0 Å². The van der Waals surface area contributed by atoms with E-state index in [9.17, 15) is 0 Å². The minimum absolute atomic E-state index is 0.587. The van der Waals surface area contributed by atoms with Crippen molar-refractivity contribution >= 4 is 0 Å². The molecule has 1 N–H and O–H groups in total. The predicted molar refractivity (Wildman–Crippen MR) is 74.3 cm³/mol. The Kier molecular flexibility index (Phi) is 7.87. The molecule has 0 saturated heterocycles. The maximum atomic E-state index is 5.74. The molecule has 1 unspecified atom stereocenters. The smallest absolute Gasteiger partial charge is 0.0622 e. The molecule has 1 atom stereocenters. The van der Waals surface area contributed by atoms with E-state index in [1.807, 2.05) is 0 Å². The normalized spacial score (nSPS) is 27.0. The van der Waals surface area contributed by atoms with Gasteiger partial charge in [-0.2, -0.15) is 0 Å². The summed E-state index contributed by atoms with van der Waals surface area (Å²) in [5, 5.41) is 3.62. The summed E-state index contributed by atoms with van der Waals surface area (Å²) < 4.78 is 5.74. The second-order valence-electron chi connectivity index (χ2n) is 5.43. The lowest BCUT2D eigenvalue weighted by Gasteiger charge is -2.34. The monoisotopic (exact) mass is 241 g/mol. The van der Waals surface area contributed by atoms with Gasteiger partial charge in [-0.25, -0.2) is 0 Å². The highest BCUT2D eigenvalue weighted by Gasteiger charge is 2.26. The number of likely N-dealkylation sites (N-methyl/N-ethyl adjacent to an activating group) is 1. The van der Waals surface area contributed by atoms with E-state index in [1.54, 1.807) is 0 Å². The van der Waals surface area contributed by atoms with E-state index in [0.29, 0.717) is 6.04 Å². The van der Waals surface area contributed by atoms with Crippen molar-refractivity contribution in [2.24, 2.45) is 11.8 Å². The van der Waals surface area contributed by atoms with E-state index in [1.165, 1.54) is 32.1 Å². The highest BCUT2D eigenvalue weighted by molar-refractivity contribution is 4.81. The van der Waals surface area contributed by atoms with Crippen LogP contribution >= 0.6 is 0 Å². The standard InChI is InChI=1S/C15H31NO/c1-4-11-17-12-15(16-6-3)14-9-7-13(5-2)8-10-14/h13-16H,4-12H2,1-3H3. The Morgan fingerprint density at radius 2 is 1.82 bits per heavy atom. The van der Waals surface area contributed by atoms with Gasteiger partial charge >= 0.3 is 0 Å². The molecule has 2 heteroatoms. The van der Waals surface area contributed by atoms with Crippen LogP contribution in [0.2, 0.25) is 0 Å². The van der Waals surface area contributed by atoms with Crippen LogP contribution in [0.15, 0.2) is 0 Å². The zero-order valence-corrected chi connectivity index (χ0v) is 12.0. The highest BCUT2D eigenvalue weighted by atomic mass is 16.5. The summed E-state index contributed by atoms with van der Waals surface area (Å²) in [6, 6.07) is 0.587. The zero-order chi connectivity index (χ0) is 12.5. The SMILES string of the molecule is CCCOCC(NCC)C1CCC(CC)CC1. The highest BCUT2D eigenvalue weighted by Crippen LogP contribution is 2.32. The van der Waals surface area contributed by atoms with Gasteiger partial charge in [0, 0.05) is 12.6 Å². The molecule has 0 aromatic rings. The van der Waals surface area contributed by atoms with E-state index >= 15 is 0 Å². The van der Waals surface area contributed by atoms with Gasteiger partial charge in [0.15, 0.2) is 0 Å². The lowest BCUT2D eigenvalue weighted by molar-refractivity contribution is 0.0803. The Hall–Kier alpha value is -0.0800. The van der Waals surface area contributed by atoms with Crippen molar-refractivity contribution < 1.29 is 4.74 Å². The van der Waals surface area contributed by atoms with E-state index in [4.69, 9.17) is 4.74 Å². The van der Waals surface area contributed by atoms with Crippen LogP contribution < -0.4 is 5.32 Å². The van der Waals surface area contributed by atoms with Crippen molar-refractivity contribution in [2.45, 2.75) is 65.3 Å². The topological polar surface area (TPSA) is 21.3 Å². The molecule has 2 nitrogen and oxygen atoms in total. The molecule has 1 saturated carbocycles. The first-order valence-electron chi connectivity index (χ1n) is 7.62. The van der Waals surface area contributed by atoms with Crippen molar-refractivity contribution in [3.05, 3.63) is 0 Å². The predicted octanol–water partition coefficient (Wildman–Crippen LogP) is 3.61. The van der Waals surface area contributed by atoms with E-state index in [0.717, 1.165) is 38.0 Å². The van der Waals surface area contributed by atoms with Crippen LogP contribution in [0.25, 0.3) is 0 Å². The van der Waals surface area contributed by atoms with Gasteiger partial charge in [0.05, 0.1) is 6.61 Å². The average Bonchev–Trinajstić information content (AvgIpc) is 2.38. The summed E-state index contributed by atoms with van der Waals surface area (Å²) >= 11 is 0. The average molecular weight is 241 g/mol. The zero-order valence-electron chi connectivity index (χ0n) is 12.0. The minimum Gasteiger partial charge on any atom is -0.380 e. The summed E-state index contributed by atoms with van der Waals surface area (Å²) in [7, 11) is 0. The second-order valence-corrected chi connectivity index (χ2v) is 5.43. The van der Waals surface area contributed by atoms with Gasteiger partial charge in [-0.3, -0.25) is 0 Å². The number of hydrogen-bond acceptors (Lipinski definition) is 2. The molecular weight excluding hydrogens is 210 g/mol. The number of hydrogen-bond donors (Lipinski definition) is 1. The molecule has 1 fully saturated rings. The van der Waals surface area contributed by atoms with Crippen LogP contribution in [0.3, 0.4) is 0 Å². The van der Waals surface area contributed by atoms with Gasteiger partial charge in [0.2, 0.25) is 0 Å². The van der Waals surface area contributed by atoms with Crippen LogP contribution in [0, 0.1) is 11.8 Å². The van der Waals surface area contributed by atoms with Crippen LogP contribution in [0.4, 0.5) is 0 Å². The Bertz CT molecular complexity index is 176. The lowest BCUT2D eigenvalue weighted by atomic mass is 9.78. The fourth-order valence-corrected chi connectivity index (χ4v) is 2.98. The van der Waals surface area contributed by atoms with Crippen LogP contribution in [0.1, 0.15) is 59.3 Å². The van der Waals surface area contributed by atoms with Gasteiger partial charge in [-0.1, -0.05) is 40.0 Å². The lowest BCUT2D eigenvalue weighted by Crippen LogP contribution is -2.41. The molecule has 0 aromatic heterocycles. The second kappa shape index (κ2) is 8.93. The fraction of sp³-hybridized carbons (Fsp3) is 1.00. The summed E-state index contributed by atoms with van der Waals surface area (Å²) in [5.74, 6) is 1.83. The number of ether oxygens (including phenoxy) is 1. The molecule has 1 rings (SSSR count). The Morgan fingerprint density at radius 1 is 1.12 bits per heavy atom. The van der Waals surface area contributed by atoms with Gasteiger partial charge in [-0.15, -0.1) is 0 Å². The number of nitrogens with one attached hydrogen (secondary N) is 1. The summed E-state index contributed by atoms with van der Waals surface area (Å²) in [6.45, 7) is 9.58. The molecule has 0 heterocycles. The van der Waals surface area contributed by atoms with Gasteiger partial charge in [0.1, 0.15) is 0 Å². The molecule has 0 radical (unpaired) electrons. The Labute approximate surface area is 108 Å². The first-order chi connectivity index (χ1) is 8.31. The third kappa shape index (κ3) is 5.39. The summed E-state index contributed by atoms with van der Waals surface area (Å²) in [5.41, 5.74) is 0. The minimum atomic E-state index is 0.587. The van der Waals surface area contributed by atoms with E-state index in [2.05, 4.69) is 26.1 Å². The van der Waals surface area contributed by atoms with Gasteiger partial charge < -0.3 is 10.1 Å². The maximum Gasteiger partial charge on any atom is 0.0622 e. The first kappa shape index (κ1) is 15.0. The van der Waals surface area contributed by atoms with Gasteiger partial charge in [-0.05, 0) is 37.6 Å². The molecular formula is C15H31NO. The van der Waals surface area contributed by atoms with Crippen molar-refractivity contribution in [3.8, 4) is 0 Å². The van der Waals surface area contributed by atoms with Crippen molar-refractivity contribution in [2.75, 3.05) is 19.8 Å². The molecule has 17 heavy (non-hydrogen) atoms. The van der Waals surface area contributed by atoms with Crippen LogP contribution in [-0.2, 0) is 4.74 Å². The molecule has 0 bridgehead atoms. The molecule has 0 aliphatic heterocycles.